The van der Waals surface area contributed by atoms with E-state index in [2.05, 4.69) is 23.5 Å². The van der Waals surface area contributed by atoms with Crippen LogP contribution < -0.4 is 19.7 Å². The van der Waals surface area contributed by atoms with E-state index in [1.807, 2.05) is 44.2 Å². The molecule has 1 aliphatic heterocycles. The van der Waals surface area contributed by atoms with E-state index in [0.717, 1.165) is 43.1 Å². The molecule has 7 heteroatoms. The summed E-state index contributed by atoms with van der Waals surface area (Å²) in [5.41, 5.74) is 2.37. The minimum atomic E-state index is -0.200. The minimum absolute atomic E-state index is 0.0276. The molecule has 178 valence electrons. The van der Waals surface area contributed by atoms with E-state index < -0.39 is 0 Å². The van der Waals surface area contributed by atoms with E-state index >= 15 is 0 Å². The molecule has 1 aliphatic rings. The number of fused-ring (bicyclic) bond motifs is 1. The van der Waals surface area contributed by atoms with Crippen molar-refractivity contribution in [3.05, 3.63) is 54.1 Å². The molecule has 1 heterocycles. The number of nitrogens with one attached hydrogen (secondary N) is 2. The highest BCUT2D eigenvalue weighted by atomic mass is 16.5. The molecule has 2 aromatic rings. The first-order valence-electron chi connectivity index (χ1n) is 11.8. The fourth-order valence-corrected chi connectivity index (χ4v) is 3.99. The van der Waals surface area contributed by atoms with E-state index in [-0.39, 0.29) is 24.5 Å². The van der Waals surface area contributed by atoms with Crippen LogP contribution in [0.15, 0.2) is 48.5 Å². The van der Waals surface area contributed by atoms with Crippen molar-refractivity contribution < 1.29 is 24.0 Å². The second kappa shape index (κ2) is 12.3. The maximum Gasteiger partial charge on any atom is 0.242 e. The van der Waals surface area contributed by atoms with Crippen molar-refractivity contribution in [2.75, 3.05) is 32.8 Å². The molecule has 0 fully saturated rings. The Labute approximate surface area is 196 Å². The fourth-order valence-electron chi connectivity index (χ4n) is 3.99. The summed E-state index contributed by atoms with van der Waals surface area (Å²) in [6.45, 7) is 8.84. The zero-order chi connectivity index (χ0) is 23.6. The third-order valence-electron chi connectivity index (χ3n) is 5.60. The molecule has 0 aromatic heterocycles. The number of hydrogen-bond donors (Lipinski definition) is 2. The number of benzene rings is 2. The maximum atomic E-state index is 12.5. The average Bonchev–Trinajstić information content (AvgIpc) is 2.82. The predicted octanol–water partition coefficient (Wildman–Crippen LogP) is 2.33. The minimum Gasteiger partial charge on any atom is -0.491 e. The van der Waals surface area contributed by atoms with Gasteiger partial charge in [-0.25, -0.2) is 0 Å². The smallest absolute Gasteiger partial charge is 0.242 e. The first-order valence-corrected chi connectivity index (χ1v) is 11.8. The molecule has 0 aliphatic carbocycles. The van der Waals surface area contributed by atoms with Gasteiger partial charge in [0.05, 0.1) is 25.7 Å². The van der Waals surface area contributed by atoms with Gasteiger partial charge < -0.3 is 19.7 Å². The third kappa shape index (κ3) is 7.79. The molecular formula is C26H36N3O4+. The molecule has 7 nitrogen and oxygen atoms in total. The van der Waals surface area contributed by atoms with E-state index in [4.69, 9.17) is 9.47 Å². The molecule has 3 rings (SSSR count). The van der Waals surface area contributed by atoms with Crippen LogP contribution in [0.5, 0.6) is 11.5 Å². The van der Waals surface area contributed by atoms with Gasteiger partial charge in [0.15, 0.2) is 11.4 Å². The number of para-hydroxylation sites is 2. The van der Waals surface area contributed by atoms with Crippen LogP contribution in [-0.4, -0.2) is 55.6 Å². The topological polar surface area (TPSA) is 72.3 Å². The van der Waals surface area contributed by atoms with Gasteiger partial charge in [-0.3, -0.25) is 14.5 Å². The zero-order valence-electron chi connectivity index (χ0n) is 19.9. The van der Waals surface area contributed by atoms with Crippen LogP contribution in [0.2, 0.25) is 0 Å². The predicted molar refractivity (Wildman–Crippen MR) is 128 cm³/mol. The van der Waals surface area contributed by atoms with E-state index in [9.17, 15) is 9.59 Å². The van der Waals surface area contributed by atoms with E-state index in [1.54, 1.807) is 4.90 Å². The van der Waals surface area contributed by atoms with Crippen molar-refractivity contribution in [3.63, 3.8) is 0 Å². The van der Waals surface area contributed by atoms with Gasteiger partial charge in [0, 0.05) is 25.1 Å². The van der Waals surface area contributed by atoms with Crippen LogP contribution in [-0.2, 0) is 16.1 Å². The lowest BCUT2D eigenvalue weighted by atomic mass is 10.1. The number of nitrogens with zero attached hydrogens (tertiary/aromatic N) is 1. The normalized spacial score (nSPS) is 16.8. The molecule has 2 N–H and O–H groups in total. The van der Waals surface area contributed by atoms with Crippen LogP contribution in [0.3, 0.4) is 0 Å². The number of ether oxygens (including phenoxy) is 2. The second-order valence-electron chi connectivity index (χ2n) is 8.68. The lowest BCUT2D eigenvalue weighted by Crippen LogP contribution is -3.05. The lowest BCUT2D eigenvalue weighted by Gasteiger charge is -2.22. The Hall–Kier alpha value is -3.06. The van der Waals surface area contributed by atoms with Gasteiger partial charge in [-0.05, 0) is 57.0 Å². The lowest BCUT2D eigenvalue weighted by molar-refractivity contribution is -0.847. The highest BCUT2D eigenvalue weighted by Crippen LogP contribution is 2.21. The maximum absolute atomic E-state index is 12.5. The van der Waals surface area contributed by atoms with Crippen molar-refractivity contribution in [2.24, 2.45) is 0 Å². The molecule has 0 spiro atoms. The number of rotatable bonds is 6. The molecule has 0 bridgehead atoms. The zero-order valence-corrected chi connectivity index (χ0v) is 19.9. The Morgan fingerprint density at radius 2 is 1.85 bits per heavy atom. The summed E-state index contributed by atoms with van der Waals surface area (Å²) in [5, 5.41) is 2.60. The Morgan fingerprint density at radius 3 is 2.58 bits per heavy atom. The summed E-state index contributed by atoms with van der Waals surface area (Å²) in [6, 6.07) is 16.5. The Morgan fingerprint density at radius 1 is 1.09 bits per heavy atom. The first kappa shape index (κ1) is 24.6. The molecule has 0 radical (unpaired) electrons. The molecule has 1 unspecified atom stereocenters. The summed E-state index contributed by atoms with van der Waals surface area (Å²) in [5.74, 6) is 1.46. The van der Waals surface area contributed by atoms with Crippen LogP contribution in [0.25, 0.3) is 0 Å². The van der Waals surface area contributed by atoms with Crippen molar-refractivity contribution in [3.8, 4) is 11.5 Å². The van der Waals surface area contributed by atoms with Gasteiger partial charge in [-0.2, -0.15) is 0 Å². The van der Waals surface area contributed by atoms with Crippen molar-refractivity contribution >= 4 is 17.5 Å². The van der Waals surface area contributed by atoms with Crippen molar-refractivity contribution in [1.29, 1.82) is 0 Å². The van der Waals surface area contributed by atoms with Gasteiger partial charge in [-0.15, -0.1) is 0 Å². The number of amides is 2. The monoisotopic (exact) mass is 454 g/mol. The highest BCUT2D eigenvalue weighted by Gasteiger charge is 2.21. The van der Waals surface area contributed by atoms with Crippen LogP contribution in [0.4, 0.5) is 5.69 Å². The van der Waals surface area contributed by atoms with Gasteiger partial charge >= 0.3 is 0 Å². The molecule has 0 saturated carbocycles. The van der Waals surface area contributed by atoms with Crippen LogP contribution in [0, 0.1) is 0 Å². The molecule has 2 amide bonds. The molecule has 33 heavy (non-hydrogen) atoms. The van der Waals surface area contributed by atoms with Gasteiger partial charge in [0.1, 0.15) is 18.9 Å². The summed E-state index contributed by atoms with van der Waals surface area (Å²) in [7, 11) is 0. The number of hydrogen-bond acceptors (Lipinski definition) is 4. The van der Waals surface area contributed by atoms with Gasteiger partial charge in [0.2, 0.25) is 11.8 Å². The highest BCUT2D eigenvalue weighted by molar-refractivity contribution is 5.83. The average molecular weight is 455 g/mol. The van der Waals surface area contributed by atoms with Crippen LogP contribution in [0.1, 0.15) is 39.2 Å². The standard InChI is InChI=1S/C26H35N3O4/c1-20(2)33-23-12-10-22(11-13-23)19-29-15-7-6-14-28(26(31)18-27-21(3)30)16-17-32-25-9-5-4-8-24(25)29/h4-5,8-13,20H,6-7,14-19H2,1-3H3,(H,27,30)/p+1. The quantitative estimate of drug-likeness (QED) is 0.703. The summed E-state index contributed by atoms with van der Waals surface area (Å²) in [4.78, 5) is 26.8. The van der Waals surface area contributed by atoms with Gasteiger partial charge in [0.25, 0.3) is 0 Å². The largest absolute Gasteiger partial charge is 0.491 e. The number of quaternary nitrogens is 1. The Balaban J connectivity index is 1.71. The first-order chi connectivity index (χ1) is 15.9. The summed E-state index contributed by atoms with van der Waals surface area (Å²) >= 11 is 0. The SMILES string of the molecule is CC(=O)NCC(=O)N1CCCC[NH+](Cc2ccc(OC(C)C)cc2)c2ccccc2OCC1. The molecule has 1 atom stereocenters. The summed E-state index contributed by atoms with van der Waals surface area (Å²) < 4.78 is 11.9. The van der Waals surface area contributed by atoms with E-state index in [0.29, 0.717) is 19.7 Å². The summed E-state index contributed by atoms with van der Waals surface area (Å²) in [6.07, 6.45) is 2.03. The number of carbonyl (C=O) groups is 2. The van der Waals surface area contributed by atoms with Crippen molar-refractivity contribution in [1.82, 2.24) is 10.2 Å². The Bertz CT molecular complexity index is 914. The van der Waals surface area contributed by atoms with Crippen LogP contribution >= 0.6 is 0 Å². The molecule has 0 saturated heterocycles. The molecular weight excluding hydrogens is 418 g/mol. The second-order valence-corrected chi connectivity index (χ2v) is 8.68. The third-order valence-corrected chi connectivity index (χ3v) is 5.60. The molecule has 2 aromatic carbocycles. The fraction of sp³-hybridized carbons (Fsp3) is 0.462. The van der Waals surface area contributed by atoms with Gasteiger partial charge in [-0.1, -0.05) is 12.1 Å². The van der Waals surface area contributed by atoms with Crippen molar-refractivity contribution in [2.45, 2.75) is 46.3 Å². The van der Waals surface area contributed by atoms with E-state index in [1.165, 1.54) is 17.4 Å². The Kier molecular flexibility index (Phi) is 9.13. The number of carbonyl (C=O) groups excluding carboxylic acids is 2.